The van der Waals surface area contributed by atoms with Crippen molar-refractivity contribution in [1.29, 1.82) is 0 Å². The van der Waals surface area contributed by atoms with Gasteiger partial charge in [0.25, 0.3) is 0 Å². The first kappa shape index (κ1) is 16.3. The smallest absolute Gasteiger partial charge is 0.319 e. The number of ether oxygens (including phenoxy) is 4. The van der Waals surface area contributed by atoms with Crippen LogP contribution >= 0.6 is 0 Å². The maximum absolute atomic E-state index is 12.0. The van der Waals surface area contributed by atoms with Crippen molar-refractivity contribution >= 4 is 11.7 Å². The van der Waals surface area contributed by atoms with E-state index in [1.165, 1.54) is 14.2 Å². The van der Waals surface area contributed by atoms with Gasteiger partial charge in [-0.3, -0.25) is 0 Å². The predicted molar refractivity (Wildman–Crippen MR) is 80.8 cm³/mol. The van der Waals surface area contributed by atoms with E-state index >= 15 is 0 Å². The number of benzene rings is 1. The van der Waals surface area contributed by atoms with E-state index in [9.17, 15) is 4.79 Å². The van der Waals surface area contributed by atoms with Crippen LogP contribution in [0.25, 0.3) is 0 Å². The molecule has 2 N–H and O–H groups in total. The molecule has 22 heavy (non-hydrogen) atoms. The van der Waals surface area contributed by atoms with E-state index in [1.807, 2.05) is 6.07 Å². The Labute approximate surface area is 129 Å². The monoisotopic (exact) mass is 308 g/mol. The molecule has 7 nitrogen and oxygen atoms in total. The number of carbonyl (C=O) groups is 1. The lowest BCUT2D eigenvalue weighted by atomic mass is 10.2. The van der Waals surface area contributed by atoms with Crippen molar-refractivity contribution in [2.75, 3.05) is 33.2 Å². The summed E-state index contributed by atoms with van der Waals surface area (Å²) in [7, 11) is 4.57. The van der Waals surface area contributed by atoms with Crippen molar-refractivity contribution in [1.82, 2.24) is 5.32 Å². The first-order valence-electron chi connectivity index (χ1n) is 6.75. The molecule has 0 aliphatic carbocycles. The normalized spacial score (nSPS) is 23.3. The number of amides is 2. The van der Waals surface area contributed by atoms with E-state index in [1.54, 1.807) is 37.5 Å². The second-order valence-electron chi connectivity index (χ2n) is 4.60. The molecule has 0 saturated carbocycles. The average molecular weight is 308 g/mol. The summed E-state index contributed by atoms with van der Waals surface area (Å²) < 4.78 is 21.1. The van der Waals surface area contributed by atoms with E-state index in [-0.39, 0.29) is 6.54 Å². The Hall–Kier alpha value is -2.09. The molecule has 2 atom stereocenters. The Kier molecular flexibility index (Phi) is 5.37. The van der Waals surface area contributed by atoms with E-state index < -0.39 is 18.1 Å². The highest BCUT2D eigenvalue weighted by molar-refractivity contribution is 5.90. The molecule has 1 aromatic carbocycles. The van der Waals surface area contributed by atoms with E-state index in [0.717, 1.165) is 0 Å². The number of hydrogen-bond donors (Lipinski definition) is 2. The fraction of sp³-hybridized carbons (Fsp3) is 0.400. The minimum Gasteiger partial charge on any atom is -0.495 e. The fourth-order valence-electron chi connectivity index (χ4n) is 2.03. The van der Waals surface area contributed by atoms with Gasteiger partial charge in [-0.15, -0.1) is 0 Å². The third kappa shape index (κ3) is 3.76. The molecule has 0 saturated heterocycles. The Morgan fingerprint density at radius 2 is 2.09 bits per heavy atom. The van der Waals surface area contributed by atoms with Crippen LogP contribution in [-0.4, -0.2) is 46.0 Å². The van der Waals surface area contributed by atoms with Gasteiger partial charge in [-0.25, -0.2) is 4.79 Å². The van der Waals surface area contributed by atoms with Crippen molar-refractivity contribution in [2.45, 2.75) is 12.1 Å². The Bertz CT molecular complexity index is 548. The standard InChI is InChI=1S/C15H20N2O5/c1-19-12-7-5-4-6-11(12)17-14(18)16-10-15(21-3)9-8-13(20-2)22-15/h4-9,13H,10H2,1-3H3,(H2,16,17,18). The molecule has 2 rings (SSSR count). The molecule has 1 heterocycles. The predicted octanol–water partition coefficient (Wildman–Crippen LogP) is 1.72. The molecular formula is C15H20N2O5. The number of urea groups is 1. The number of carbonyl (C=O) groups excluding carboxylic acids is 1. The zero-order chi connectivity index (χ0) is 16.0. The lowest BCUT2D eigenvalue weighted by Gasteiger charge is -2.27. The van der Waals surface area contributed by atoms with Crippen LogP contribution in [0.5, 0.6) is 5.75 Å². The van der Waals surface area contributed by atoms with Gasteiger partial charge in [0.1, 0.15) is 5.75 Å². The minimum absolute atomic E-state index is 0.140. The molecule has 120 valence electrons. The fourth-order valence-corrected chi connectivity index (χ4v) is 2.03. The van der Waals surface area contributed by atoms with Crippen LogP contribution in [0.3, 0.4) is 0 Å². The lowest BCUT2D eigenvalue weighted by Crippen LogP contribution is -2.45. The molecule has 2 amide bonds. The SMILES string of the molecule is COc1ccccc1NC(=O)NCC1(OC)C=CC(OC)O1. The zero-order valence-electron chi connectivity index (χ0n) is 12.8. The van der Waals surface area contributed by atoms with Gasteiger partial charge in [-0.2, -0.15) is 0 Å². The minimum atomic E-state index is -1.03. The first-order valence-corrected chi connectivity index (χ1v) is 6.75. The van der Waals surface area contributed by atoms with Crippen molar-refractivity contribution in [2.24, 2.45) is 0 Å². The number of hydrogen-bond acceptors (Lipinski definition) is 5. The molecule has 2 unspecified atom stereocenters. The van der Waals surface area contributed by atoms with Gasteiger partial charge in [0.2, 0.25) is 5.79 Å². The van der Waals surface area contributed by atoms with E-state index in [0.29, 0.717) is 11.4 Å². The van der Waals surface area contributed by atoms with Gasteiger partial charge < -0.3 is 29.6 Å². The van der Waals surface area contributed by atoms with Gasteiger partial charge in [0, 0.05) is 14.2 Å². The van der Waals surface area contributed by atoms with Gasteiger partial charge in [-0.05, 0) is 24.3 Å². The third-order valence-corrected chi connectivity index (χ3v) is 3.25. The summed E-state index contributed by atoms with van der Waals surface area (Å²) in [5.41, 5.74) is 0.576. The van der Waals surface area contributed by atoms with Gasteiger partial charge in [0.15, 0.2) is 6.29 Å². The molecule has 7 heteroatoms. The summed E-state index contributed by atoms with van der Waals surface area (Å²) in [6.07, 6.45) is 2.95. The molecule has 0 spiro atoms. The van der Waals surface area contributed by atoms with Crippen molar-refractivity contribution in [3.05, 3.63) is 36.4 Å². The summed E-state index contributed by atoms with van der Waals surface area (Å²) in [6, 6.07) is 6.75. The van der Waals surface area contributed by atoms with Crippen LogP contribution in [0.15, 0.2) is 36.4 Å². The quantitative estimate of drug-likeness (QED) is 0.782. The Morgan fingerprint density at radius 1 is 1.32 bits per heavy atom. The second kappa shape index (κ2) is 7.26. The van der Waals surface area contributed by atoms with Crippen LogP contribution in [0.4, 0.5) is 10.5 Å². The highest BCUT2D eigenvalue weighted by atomic mass is 16.8. The largest absolute Gasteiger partial charge is 0.495 e. The Morgan fingerprint density at radius 3 is 2.73 bits per heavy atom. The summed E-state index contributed by atoms with van der Waals surface area (Å²) in [5.74, 6) is -0.450. The highest BCUT2D eigenvalue weighted by Gasteiger charge is 2.36. The third-order valence-electron chi connectivity index (χ3n) is 3.25. The number of methoxy groups -OCH3 is 3. The first-order chi connectivity index (χ1) is 10.6. The summed E-state index contributed by atoms with van der Waals surface area (Å²) in [6.45, 7) is 0.140. The maximum Gasteiger partial charge on any atom is 0.319 e. The van der Waals surface area contributed by atoms with E-state index in [4.69, 9.17) is 18.9 Å². The summed E-state index contributed by atoms with van der Waals surface area (Å²) >= 11 is 0. The van der Waals surface area contributed by atoms with Crippen molar-refractivity contribution < 1.29 is 23.7 Å². The molecule has 0 bridgehead atoms. The zero-order valence-corrected chi connectivity index (χ0v) is 12.8. The highest BCUT2D eigenvalue weighted by Crippen LogP contribution is 2.25. The lowest BCUT2D eigenvalue weighted by molar-refractivity contribution is -0.238. The summed E-state index contributed by atoms with van der Waals surface area (Å²) in [4.78, 5) is 12.0. The molecule has 0 fully saturated rings. The number of anilines is 1. The van der Waals surface area contributed by atoms with Gasteiger partial charge in [-0.1, -0.05) is 12.1 Å². The molecular weight excluding hydrogens is 288 g/mol. The Balaban J connectivity index is 1.91. The van der Waals surface area contributed by atoms with Crippen LogP contribution in [0, 0.1) is 0 Å². The molecule has 0 radical (unpaired) electrons. The van der Waals surface area contributed by atoms with Crippen LogP contribution < -0.4 is 15.4 Å². The van der Waals surface area contributed by atoms with Gasteiger partial charge in [0.05, 0.1) is 19.3 Å². The molecule has 1 aliphatic rings. The number of nitrogens with one attached hydrogen (secondary N) is 2. The summed E-state index contributed by atoms with van der Waals surface area (Å²) in [5, 5.41) is 5.41. The topological polar surface area (TPSA) is 78.1 Å². The molecule has 1 aliphatic heterocycles. The molecule has 0 aromatic heterocycles. The van der Waals surface area contributed by atoms with Gasteiger partial charge >= 0.3 is 6.03 Å². The van der Waals surface area contributed by atoms with Crippen LogP contribution in [0.1, 0.15) is 0 Å². The average Bonchev–Trinajstić information content (AvgIpc) is 2.98. The van der Waals surface area contributed by atoms with Crippen molar-refractivity contribution in [3.8, 4) is 5.75 Å². The molecule has 1 aromatic rings. The maximum atomic E-state index is 12.0. The second-order valence-corrected chi connectivity index (χ2v) is 4.60. The number of para-hydroxylation sites is 2. The van der Waals surface area contributed by atoms with Crippen molar-refractivity contribution in [3.63, 3.8) is 0 Å². The number of rotatable bonds is 6. The van der Waals surface area contributed by atoms with E-state index in [2.05, 4.69) is 10.6 Å². The van der Waals surface area contributed by atoms with Crippen LogP contribution in [0.2, 0.25) is 0 Å². The van der Waals surface area contributed by atoms with Crippen LogP contribution in [-0.2, 0) is 14.2 Å².